The summed E-state index contributed by atoms with van der Waals surface area (Å²) in [6.07, 6.45) is 1.13. The van der Waals surface area contributed by atoms with Gasteiger partial charge in [0.25, 0.3) is 0 Å². The van der Waals surface area contributed by atoms with Crippen LogP contribution in [-0.2, 0) is 14.6 Å². The molecule has 0 aromatic heterocycles. The topological polar surface area (TPSA) is 98.5 Å². The average molecular weight is 272 g/mol. The monoisotopic (exact) mass is 272 g/mol. The molecule has 3 N–H and O–H groups in total. The lowest BCUT2D eigenvalue weighted by molar-refractivity contribution is -0.120. The normalized spacial score (nSPS) is 13.0. The van der Waals surface area contributed by atoms with Crippen LogP contribution in [0.25, 0.3) is 0 Å². The van der Waals surface area contributed by atoms with Crippen LogP contribution in [-0.4, -0.2) is 40.3 Å². The van der Waals surface area contributed by atoms with Crippen LogP contribution in [0.15, 0.2) is 29.2 Å². The van der Waals surface area contributed by atoms with Gasteiger partial charge in [-0.15, -0.1) is 0 Å². The fraction of sp³-hybridized carbons (Fsp3) is 0.364. The largest absolute Gasteiger partial charge is 0.491 e. The highest BCUT2D eigenvalue weighted by molar-refractivity contribution is 7.90. The number of nitrogens with one attached hydrogen (secondary N) is 1. The minimum atomic E-state index is -3.21. The average Bonchev–Trinajstić information content (AvgIpc) is 2.29. The Bertz CT molecular complexity index is 510. The summed E-state index contributed by atoms with van der Waals surface area (Å²) in [5.74, 6) is -0.0332. The van der Waals surface area contributed by atoms with Gasteiger partial charge in [-0.1, -0.05) is 0 Å². The maximum Gasteiger partial charge on any atom is 0.238 e. The zero-order chi connectivity index (χ0) is 13.8. The predicted molar refractivity (Wildman–Crippen MR) is 67.1 cm³/mol. The van der Waals surface area contributed by atoms with Crippen molar-refractivity contribution in [1.29, 1.82) is 0 Å². The number of primary amides is 1. The minimum absolute atomic E-state index is 0.0874. The van der Waals surface area contributed by atoms with Gasteiger partial charge >= 0.3 is 0 Å². The fourth-order valence-corrected chi connectivity index (χ4v) is 1.90. The summed E-state index contributed by atoms with van der Waals surface area (Å²) < 4.78 is 27.8. The Morgan fingerprint density at radius 2 is 1.94 bits per heavy atom. The van der Waals surface area contributed by atoms with Crippen molar-refractivity contribution in [2.45, 2.75) is 10.9 Å². The van der Waals surface area contributed by atoms with Crippen molar-refractivity contribution >= 4 is 15.7 Å². The predicted octanol–water partition coefficient (Wildman–Crippen LogP) is -0.458. The molecule has 6 nitrogen and oxygen atoms in total. The molecule has 0 aliphatic heterocycles. The number of carbonyl (C=O) groups is 1. The Balaban J connectivity index is 2.67. The number of carbonyl (C=O) groups excluding carboxylic acids is 1. The first kappa shape index (κ1) is 14.5. The van der Waals surface area contributed by atoms with E-state index in [4.69, 9.17) is 10.5 Å². The first-order chi connectivity index (χ1) is 8.34. The van der Waals surface area contributed by atoms with Crippen LogP contribution in [0.4, 0.5) is 0 Å². The molecule has 0 saturated heterocycles. The molecule has 1 unspecified atom stereocenters. The number of ether oxygens (including phenoxy) is 1. The first-order valence-electron chi connectivity index (χ1n) is 5.24. The molecule has 1 rings (SSSR count). The number of nitrogens with two attached hydrogens (primary N) is 1. The lowest BCUT2D eigenvalue weighted by atomic mass is 10.3. The Morgan fingerprint density at radius 3 is 2.33 bits per heavy atom. The van der Waals surface area contributed by atoms with Crippen LogP contribution in [0.1, 0.15) is 0 Å². The third kappa shape index (κ3) is 4.01. The minimum Gasteiger partial charge on any atom is -0.491 e. The number of hydrogen-bond donors (Lipinski definition) is 2. The molecule has 1 atom stereocenters. The van der Waals surface area contributed by atoms with Crippen LogP contribution in [0.3, 0.4) is 0 Å². The number of benzene rings is 1. The molecule has 0 fully saturated rings. The van der Waals surface area contributed by atoms with Crippen molar-refractivity contribution in [3.8, 4) is 5.75 Å². The van der Waals surface area contributed by atoms with E-state index in [0.29, 0.717) is 5.75 Å². The number of sulfone groups is 1. The van der Waals surface area contributed by atoms with Gasteiger partial charge in [0.1, 0.15) is 18.4 Å². The standard InChI is InChI=1S/C11H16N2O4S/c1-13-10(11(12)14)7-17-8-3-5-9(6-4-8)18(2,15)16/h3-6,10,13H,7H2,1-2H3,(H2,12,14). The van der Waals surface area contributed by atoms with Gasteiger partial charge in [-0.25, -0.2) is 8.42 Å². The molecule has 0 heterocycles. The zero-order valence-electron chi connectivity index (χ0n) is 10.2. The third-order valence-electron chi connectivity index (χ3n) is 2.36. The molecule has 0 bridgehead atoms. The van der Waals surface area contributed by atoms with Gasteiger partial charge in [0.05, 0.1) is 4.90 Å². The molecular formula is C11H16N2O4S. The van der Waals surface area contributed by atoms with Gasteiger partial charge < -0.3 is 15.8 Å². The molecule has 100 valence electrons. The van der Waals surface area contributed by atoms with Crippen LogP contribution in [0.2, 0.25) is 0 Å². The summed E-state index contributed by atoms with van der Waals surface area (Å²) in [7, 11) is -1.61. The van der Waals surface area contributed by atoms with E-state index in [1.165, 1.54) is 24.3 Å². The van der Waals surface area contributed by atoms with E-state index in [1.54, 1.807) is 7.05 Å². The van der Waals surface area contributed by atoms with Crippen LogP contribution < -0.4 is 15.8 Å². The second-order valence-electron chi connectivity index (χ2n) is 3.80. The molecule has 0 spiro atoms. The fourth-order valence-electron chi connectivity index (χ4n) is 1.27. The third-order valence-corrected chi connectivity index (χ3v) is 3.49. The van der Waals surface area contributed by atoms with E-state index in [9.17, 15) is 13.2 Å². The molecule has 0 saturated carbocycles. The zero-order valence-corrected chi connectivity index (χ0v) is 11.0. The van der Waals surface area contributed by atoms with E-state index in [-0.39, 0.29) is 11.5 Å². The van der Waals surface area contributed by atoms with Crippen molar-refractivity contribution in [3.63, 3.8) is 0 Å². The summed E-state index contributed by atoms with van der Waals surface area (Å²) in [6.45, 7) is 0.0874. The van der Waals surface area contributed by atoms with Crippen molar-refractivity contribution in [2.75, 3.05) is 19.9 Å². The molecule has 1 aromatic carbocycles. The summed E-state index contributed by atoms with van der Waals surface area (Å²) in [4.78, 5) is 11.2. The molecule has 1 aromatic rings. The van der Waals surface area contributed by atoms with Gasteiger partial charge in [-0.3, -0.25) is 4.79 Å². The van der Waals surface area contributed by atoms with Crippen LogP contribution >= 0.6 is 0 Å². The van der Waals surface area contributed by atoms with Crippen molar-refractivity contribution < 1.29 is 17.9 Å². The van der Waals surface area contributed by atoms with Gasteiger partial charge in [0, 0.05) is 6.26 Å². The molecule has 1 amide bonds. The molecule has 18 heavy (non-hydrogen) atoms. The second-order valence-corrected chi connectivity index (χ2v) is 5.81. The van der Waals surface area contributed by atoms with Crippen LogP contribution in [0.5, 0.6) is 5.75 Å². The Morgan fingerprint density at radius 1 is 1.39 bits per heavy atom. The number of likely N-dealkylation sites (N-methyl/N-ethyl adjacent to an activating group) is 1. The van der Waals surface area contributed by atoms with Gasteiger partial charge in [0.15, 0.2) is 9.84 Å². The molecule has 7 heteroatoms. The highest BCUT2D eigenvalue weighted by atomic mass is 32.2. The van der Waals surface area contributed by atoms with E-state index in [1.807, 2.05) is 0 Å². The summed E-state index contributed by atoms with van der Waals surface area (Å²) in [5, 5.41) is 2.71. The Kier molecular flexibility index (Phi) is 4.69. The highest BCUT2D eigenvalue weighted by Crippen LogP contribution is 2.15. The van der Waals surface area contributed by atoms with Gasteiger partial charge in [0.2, 0.25) is 5.91 Å². The molecule has 0 radical (unpaired) electrons. The SMILES string of the molecule is CNC(COc1ccc(S(C)(=O)=O)cc1)C(N)=O. The Labute approximate surface area is 106 Å². The lowest BCUT2D eigenvalue weighted by Crippen LogP contribution is -2.43. The van der Waals surface area contributed by atoms with Crippen molar-refractivity contribution in [3.05, 3.63) is 24.3 Å². The van der Waals surface area contributed by atoms with Crippen molar-refractivity contribution in [2.24, 2.45) is 5.73 Å². The van der Waals surface area contributed by atoms with E-state index in [0.717, 1.165) is 6.26 Å². The number of amides is 1. The van der Waals surface area contributed by atoms with E-state index in [2.05, 4.69) is 5.32 Å². The maximum atomic E-state index is 11.2. The maximum absolute atomic E-state index is 11.2. The van der Waals surface area contributed by atoms with Crippen molar-refractivity contribution in [1.82, 2.24) is 5.32 Å². The molecule has 0 aliphatic carbocycles. The van der Waals surface area contributed by atoms with E-state index < -0.39 is 21.8 Å². The highest BCUT2D eigenvalue weighted by Gasteiger charge is 2.13. The summed E-state index contributed by atoms with van der Waals surface area (Å²) in [6, 6.07) is 5.38. The first-order valence-corrected chi connectivity index (χ1v) is 7.13. The summed E-state index contributed by atoms with van der Waals surface area (Å²) >= 11 is 0. The molecule has 0 aliphatic rings. The quantitative estimate of drug-likeness (QED) is 0.730. The van der Waals surface area contributed by atoms with Crippen LogP contribution in [0, 0.1) is 0 Å². The summed E-state index contributed by atoms with van der Waals surface area (Å²) in [5.41, 5.74) is 5.13. The second kappa shape index (κ2) is 5.83. The lowest BCUT2D eigenvalue weighted by Gasteiger charge is -2.13. The number of rotatable bonds is 6. The van der Waals surface area contributed by atoms with E-state index >= 15 is 0 Å². The number of hydrogen-bond acceptors (Lipinski definition) is 5. The Hall–Kier alpha value is -1.60. The van der Waals surface area contributed by atoms with Gasteiger partial charge in [-0.2, -0.15) is 0 Å². The molecular weight excluding hydrogens is 256 g/mol. The van der Waals surface area contributed by atoms with Gasteiger partial charge in [-0.05, 0) is 31.3 Å². The smallest absolute Gasteiger partial charge is 0.238 e.